The van der Waals surface area contributed by atoms with Crippen LogP contribution in [0.15, 0.2) is 29.2 Å². The van der Waals surface area contributed by atoms with Gasteiger partial charge in [0.25, 0.3) is 0 Å². The molecule has 1 aromatic heterocycles. The predicted octanol–water partition coefficient (Wildman–Crippen LogP) is 3.47. The summed E-state index contributed by atoms with van der Waals surface area (Å²) < 4.78 is 12.9. The maximum absolute atomic E-state index is 12.9. The highest BCUT2D eigenvalue weighted by Gasteiger charge is 2.05. The highest BCUT2D eigenvalue weighted by atomic mass is 32.2. The Morgan fingerprint density at radius 3 is 2.94 bits per heavy atom. The number of nitrogen functional groups attached to an aromatic ring is 1. The molecule has 0 fully saturated rings. The van der Waals surface area contributed by atoms with Gasteiger partial charge in [0.05, 0.1) is 5.75 Å². The average molecular weight is 254 g/mol. The van der Waals surface area contributed by atoms with E-state index in [1.54, 1.807) is 29.2 Å². The first-order chi connectivity index (χ1) is 7.65. The summed E-state index contributed by atoms with van der Waals surface area (Å²) in [5.74, 6) is 1.12. The Morgan fingerprint density at radius 1 is 1.50 bits per heavy atom. The molecular formula is C11H11FN2S2. The average Bonchev–Trinajstić information content (AvgIpc) is 2.56. The Morgan fingerprint density at radius 2 is 2.31 bits per heavy atom. The van der Waals surface area contributed by atoms with Crippen LogP contribution in [0.3, 0.4) is 0 Å². The van der Waals surface area contributed by atoms with Crippen LogP contribution in [0.2, 0.25) is 0 Å². The minimum atomic E-state index is -0.208. The molecule has 0 amide bonds. The molecule has 2 rings (SSSR count). The van der Waals surface area contributed by atoms with Crippen LogP contribution < -0.4 is 5.73 Å². The Balaban J connectivity index is 2.02. The van der Waals surface area contributed by atoms with E-state index >= 15 is 0 Å². The fourth-order valence-corrected chi connectivity index (χ4v) is 3.01. The number of thiazole rings is 1. The van der Waals surface area contributed by atoms with Crippen molar-refractivity contribution in [1.29, 1.82) is 0 Å². The lowest BCUT2D eigenvalue weighted by atomic mass is 10.4. The molecule has 84 valence electrons. The number of hydrogen-bond acceptors (Lipinski definition) is 4. The summed E-state index contributed by atoms with van der Waals surface area (Å²) in [6.45, 7) is 1.95. The molecule has 5 heteroatoms. The summed E-state index contributed by atoms with van der Waals surface area (Å²) in [5.41, 5.74) is 5.66. The zero-order valence-corrected chi connectivity index (χ0v) is 10.4. The third-order valence-corrected chi connectivity index (χ3v) is 4.21. The van der Waals surface area contributed by atoms with Gasteiger partial charge in [0.15, 0.2) is 0 Å². The normalized spacial score (nSPS) is 10.6. The van der Waals surface area contributed by atoms with Gasteiger partial charge in [0, 0.05) is 9.77 Å². The van der Waals surface area contributed by atoms with Crippen molar-refractivity contribution in [2.45, 2.75) is 17.6 Å². The summed E-state index contributed by atoms with van der Waals surface area (Å²) in [6, 6.07) is 6.56. The van der Waals surface area contributed by atoms with Crippen molar-refractivity contribution in [3.05, 3.63) is 40.0 Å². The standard InChI is InChI=1S/C11H11FN2S2/c1-7-11(13)14-10(16-7)6-15-9-4-2-3-8(12)5-9/h2-5H,6,13H2,1H3. The summed E-state index contributed by atoms with van der Waals surface area (Å²) in [7, 11) is 0. The van der Waals surface area contributed by atoms with Crippen molar-refractivity contribution in [3.8, 4) is 0 Å². The van der Waals surface area contributed by atoms with Gasteiger partial charge in [0.2, 0.25) is 0 Å². The van der Waals surface area contributed by atoms with E-state index in [9.17, 15) is 4.39 Å². The van der Waals surface area contributed by atoms with Gasteiger partial charge in [-0.25, -0.2) is 9.37 Å². The third-order valence-electron chi connectivity index (χ3n) is 2.04. The SMILES string of the molecule is Cc1sc(CSc2cccc(F)c2)nc1N. The van der Waals surface area contributed by atoms with Gasteiger partial charge in [-0.2, -0.15) is 0 Å². The predicted molar refractivity (Wildman–Crippen MR) is 67.2 cm³/mol. The molecule has 16 heavy (non-hydrogen) atoms. The Labute approximate surface area is 102 Å². The first kappa shape index (κ1) is 11.4. The molecule has 0 saturated carbocycles. The number of benzene rings is 1. The first-order valence-corrected chi connectivity index (χ1v) is 6.55. The first-order valence-electron chi connectivity index (χ1n) is 4.75. The fraction of sp³-hybridized carbons (Fsp3) is 0.182. The number of nitrogens with zero attached hydrogens (tertiary/aromatic N) is 1. The van der Waals surface area contributed by atoms with E-state index in [2.05, 4.69) is 4.98 Å². The maximum Gasteiger partial charge on any atom is 0.137 e. The molecule has 0 aliphatic rings. The van der Waals surface area contributed by atoms with Crippen molar-refractivity contribution in [3.63, 3.8) is 0 Å². The summed E-state index contributed by atoms with van der Waals surface area (Å²) in [5, 5.41) is 0.976. The number of hydrogen-bond donors (Lipinski definition) is 1. The van der Waals surface area contributed by atoms with Gasteiger partial charge in [-0.15, -0.1) is 23.1 Å². The number of rotatable bonds is 3. The van der Waals surface area contributed by atoms with E-state index in [-0.39, 0.29) is 5.82 Å². The maximum atomic E-state index is 12.9. The second-order valence-electron chi connectivity index (χ2n) is 3.30. The minimum Gasteiger partial charge on any atom is -0.383 e. The molecule has 2 aromatic rings. The molecule has 0 aliphatic heterocycles. The lowest BCUT2D eigenvalue weighted by Gasteiger charge is -1.98. The van der Waals surface area contributed by atoms with Crippen LogP contribution in [0.4, 0.5) is 10.2 Å². The molecule has 0 spiro atoms. The highest BCUT2D eigenvalue weighted by Crippen LogP contribution is 2.27. The van der Waals surface area contributed by atoms with Crippen molar-refractivity contribution in [2.24, 2.45) is 0 Å². The molecule has 0 saturated heterocycles. The van der Waals surface area contributed by atoms with E-state index in [0.717, 1.165) is 20.5 Å². The monoisotopic (exact) mass is 254 g/mol. The molecule has 2 N–H and O–H groups in total. The second kappa shape index (κ2) is 4.84. The topological polar surface area (TPSA) is 38.9 Å². The smallest absolute Gasteiger partial charge is 0.137 e. The number of anilines is 1. The second-order valence-corrected chi connectivity index (χ2v) is 5.63. The fourth-order valence-electron chi connectivity index (χ4n) is 1.23. The van der Waals surface area contributed by atoms with E-state index < -0.39 is 0 Å². The van der Waals surface area contributed by atoms with E-state index in [0.29, 0.717) is 5.82 Å². The van der Waals surface area contributed by atoms with Crippen LogP contribution in [-0.4, -0.2) is 4.98 Å². The Hall–Kier alpha value is -1.07. The van der Waals surface area contributed by atoms with Crippen molar-refractivity contribution in [1.82, 2.24) is 4.98 Å². The van der Waals surface area contributed by atoms with Crippen molar-refractivity contribution >= 4 is 28.9 Å². The summed E-state index contributed by atoms with van der Waals surface area (Å²) in [6.07, 6.45) is 0. The third kappa shape index (κ3) is 2.74. The summed E-state index contributed by atoms with van der Waals surface area (Å²) >= 11 is 3.15. The van der Waals surface area contributed by atoms with E-state index in [1.807, 2.05) is 13.0 Å². The molecule has 0 radical (unpaired) electrons. The molecule has 1 aromatic carbocycles. The lowest BCUT2D eigenvalue weighted by molar-refractivity contribution is 0.624. The molecule has 0 unspecified atom stereocenters. The number of aryl methyl sites for hydroxylation is 1. The zero-order chi connectivity index (χ0) is 11.5. The molecule has 1 heterocycles. The zero-order valence-electron chi connectivity index (χ0n) is 8.74. The van der Waals surface area contributed by atoms with Gasteiger partial charge in [0.1, 0.15) is 16.6 Å². The van der Waals surface area contributed by atoms with Crippen LogP contribution in [-0.2, 0) is 5.75 Å². The Kier molecular flexibility index (Phi) is 3.46. The minimum absolute atomic E-state index is 0.208. The van der Waals surface area contributed by atoms with Crippen molar-refractivity contribution < 1.29 is 4.39 Å². The van der Waals surface area contributed by atoms with E-state index in [1.165, 1.54) is 12.1 Å². The largest absolute Gasteiger partial charge is 0.383 e. The van der Waals surface area contributed by atoms with Gasteiger partial charge in [-0.05, 0) is 25.1 Å². The quantitative estimate of drug-likeness (QED) is 0.852. The summed E-state index contributed by atoms with van der Waals surface area (Å²) in [4.78, 5) is 6.18. The van der Waals surface area contributed by atoms with Gasteiger partial charge in [-0.3, -0.25) is 0 Å². The molecule has 2 nitrogen and oxygen atoms in total. The van der Waals surface area contributed by atoms with Gasteiger partial charge < -0.3 is 5.73 Å². The molecule has 0 atom stereocenters. The number of aromatic nitrogens is 1. The van der Waals surface area contributed by atoms with Gasteiger partial charge in [-0.1, -0.05) is 6.07 Å². The van der Waals surface area contributed by atoms with Crippen LogP contribution in [0.5, 0.6) is 0 Å². The number of halogens is 1. The number of nitrogens with two attached hydrogens (primary N) is 1. The lowest BCUT2D eigenvalue weighted by Crippen LogP contribution is -1.87. The van der Waals surface area contributed by atoms with Crippen LogP contribution in [0.1, 0.15) is 9.88 Å². The molecular weight excluding hydrogens is 243 g/mol. The Bertz CT molecular complexity index is 477. The molecule has 0 aliphatic carbocycles. The molecule has 0 bridgehead atoms. The van der Waals surface area contributed by atoms with Crippen molar-refractivity contribution in [2.75, 3.05) is 5.73 Å². The number of thioether (sulfide) groups is 1. The van der Waals surface area contributed by atoms with Crippen LogP contribution >= 0.6 is 23.1 Å². The highest BCUT2D eigenvalue weighted by molar-refractivity contribution is 7.98. The van der Waals surface area contributed by atoms with Crippen LogP contribution in [0.25, 0.3) is 0 Å². The van der Waals surface area contributed by atoms with Crippen LogP contribution in [0, 0.1) is 12.7 Å². The van der Waals surface area contributed by atoms with E-state index in [4.69, 9.17) is 5.73 Å². The van der Waals surface area contributed by atoms with Gasteiger partial charge >= 0.3 is 0 Å².